The van der Waals surface area contributed by atoms with Crippen LogP contribution in [0.3, 0.4) is 0 Å². The average Bonchev–Trinajstić information content (AvgIpc) is 2.98. The number of carbonyl (C=O) groups is 2. The smallest absolute Gasteiger partial charge is 0.257 e. The molecule has 0 aliphatic heterocycles. The van der Waals surface area contributed by atoms with Gasteiger partial charge in [0.2, 0.25) is 5.91 Å². The van der Waals surface area contributed by atoms with E-state index in [1.807, 2.05) is 0 Å². The van der Waals surface area contributed by atoms with Crippen molar-refractivity contribution in [2.45, 2.75) is 12.8 Å². The van der Waals surface area contributed by atoms with Crippen LogP contribution in [0.1, 0.15) is 23.2 Å². The molecule has 0 aliphatic rings. The molecule has 1 aromatic carbocycles. The summed E-state index contributed by atoms with van der Waals surface area (Å²) in [6.45, 7) is 0.489. The van der Waals surface area contributed by atoms with Crippen molar-refractivity contribution in [1.82, 2.24) is 4.98 Å². The van der Waals surface area contributed by atoms with Crippen molar-refractivity contribution in [3.63, 3.8) is 0 Å². The number of benzene rings is 1. The average molecular weight is 304 g/mol. The minimum Gasteiger partial charge on any atom is -0.330 e. The second-order valence-electron chi connectivity index (χ2n) is 4.31. The predicted molar refractivity (Wildman–Crippen MR) is 83.4 cm³/mol. The first-order chi connectivity index (χ1) is 10.2. The fourth-order valence-electron chi connectivity index (χ4n) is 1.65. The second-order valence-corrected chi connectivity index (χ2v) is 5.20. The van der Waals surface area contributed by atoms with Crippen LogP contribution in [0.15, 0.2) is 35.8 Å². The number of carbonyl (C=O) groups excluding carboxylic acids is 2. The molecule has 0 aliphatic carbocycles. The molecule has 0 bridgehead atoms. The van der Waals surface area contributed by atoms with Gasteiger partial charge < -0.3 is 11.1 Å². The van der Waals surface area contributed by atoms with Crippen LogP contribution in [0.4, 0.5) is 10.8 Å². The zero-order valence-electron chi connectivity index (χ0n) is 11.3. The Morgan fingerprint density at radius 1 is 1.19 bits per heavy atom. The molecule has 4 N–H and O–H groups in total. The van der Waals surface area contributed by atoms with E-state index in [1.54, 1.807) is 35.8 Å². The number of anilines is 2. The molecule has 0 atom stereocenters. The van der Waals surface area contributed by atoms with Crippen LogP contribution >= 0.6 is 11.3 Å². The van der Waals surface area contributed by atoms with Crippen LogP contribution < -0.4 is 16.4 Å². The number of nitrogens with one attached hydrogen (secondary N) is 2. The first-order valence-corrected chi connectivity index (χ1v) is 7.38. The molecule has 0 radical (unpaired) electrons. The summed E-state index contributed by atoms with van der Waals surface area (Å²) in [5.74, 6) is -0.314. The third kappa shape index (κ3) is 4.66. The van der Waals surface area contributed by atoms with Gasteiger partial charge in [0.25, 0.3) is 5.91 Å². The Balaban J connectivity index is 1.92. The largest absolute Gasteiger partial charge is 0.330 e. The summed E-state index contributed by atoms with van der Waals surface area (Å²) in [4.78, 5) is 27.5. The molecule has 2 amide bonds. The molecule has 0 unspecified atom stereocenters. The van der Waals surface area contributed by atoms with E-state index in [9.17, 15) is 9.59 Å². The SMILES string of the molecule is NCCCC(=O)Nc1ccc(C(=O)Nc2nccs2)cc1. The van der Waals surface area contributed by atoms with Crippen LogP contribution in [0.5, 0.6) is 0 Å². The number of rotatable bonds is 6. The second kappa shape index (κ2) is 7.51. The minimum absolute atomic E-state index is 0.0829. The molecule has 21 heavy (non-hydrogen) atoms. The van der Waals surface area contributed by atoms with Gasteiger partial charge in [-0.05, 0) is 37.2 Å². The van der Waals surface area contributed by atoms with Gasteiger partial charge in [0, 0.05) is 29.2 Å². The van der Waals surface area contributed by atoms with E-state index >= 15 is 0 Å². The summed E-state index contributed by atoms with van der Waals surface area (Å²) in [5, 5.41) is 7.79. The highest BCUT2D eigenvalue weighted by atomic mass is 32.1. The predicted octanol–water partition coefficient (Wildman–Crippen LogP) is 2.07. The quantitative estimate of drug-likeness (QED) is 0.761. The summed E-state index contributed by atoms with van der Waals surface area (Å²) < 4.78 is 0. The topological polar surface area (TPSA) is 97.1 Å². The summed E-state index contributed by atoms with van der Waals surface area (Å²) in [5.41, 5.74) is 6.51. The van der Waals surface area contributed by atoms with Gasteiger partial charge in [-0.15, -0.1) is 11.3 Å². The van der Waals surface area contributed by atoms with E-state index in [1.165, 1.54) is 11.3 Å². The highest BCUT2D eigenvalue weighted by Gasteiger charge is 2.08. The molecule has 0 spiro atoms. The van der Waals surface area contributed by atoms with Crippen molar-refractivity contribution in [3.8, 4) is 0 Å². The molecule has 7 heteroatoms. The number of aromatic nitrogens is 1. The summed E-state index contributed by atoms with van der Waals surface area (Å²) in [7, 11) is 0. The number of nitrogens with two attached hydrogens (primary N) is 1. The maximum atomic E-state index is 11.9. The molecule has 110 valence electrons. The lowest BCUT2D eigenvalue weighted by molar-refractivity contribution is -0.116. The molecule has 2 rings (SSSR count). The van der Waals surface area contributed by atoms with Crippen LogP contribution in [-0.2, 0) is 4.79 Å². The molecule has 1 heterocycles. The monoisotopic (exact) mass is 304 g/mol. The molecule has 0 saturated carbocycles. The molecule has 0 fully saturated rings. The maximum Gasteiger partial charge on any atom is 0.257 e. The lowest BCUT2D eigenvalue weighted by atomic mass is 10.2. The van der Waals surface area contributed by atoms with Gasteiger partial charge in [0.1, 0.15) is 0 Å². The third-order valence-electron chi connectivity index (χ3n) is 2.69. The number of hydrogen-bond acceptors (Lipinski definition) is 5. The van der Waals surface area contributed by atoms with Gasteiger partial charge in [-0.2, -0.15) is 0 Å². The Bertz CT molecular complexity index is 596. The van der Waals surface area contributed by atoms with Gasteiger partial charge in [-0.25, -0.2) is 4.98 Å². The van der Waals surface area contributed by atoms with Gasteiger partial charge in [0.05, 0.1) is 0 Å². The Kier molecular flexibility index (Phi) is 5.42. The van der Waals surface area contributed by atoms with Crippen molar-refractivity contribution < 1.29 is 9.59 Å². The van der Waals surface area contributed by atoms with Crippen LogP contribution in [-0.4, -0.2) is 23.3 Å². The maximum absolute atomic E-state index is 11.9. The fraction of sp³-hybridized carbons (Fsp3) is 0.214. The van der Waals surface area contributed by atoms with E-state index in [0.717, 1.165) is 0 Å². The van der Waals surface area contributed by atoms with Crippen molar-refractivity contribution >= 4 is 34.0 Å². The minimum atomic E-state index is -0.231. The van der Waals surface area contributed by atoms with Gasteiger partial charge in [0.15, 0.2) is 5.13 Å². The number of hydrogen-bond donors (Lipinski definition) is 3. The Morgan fingerprint density at radius 2 is 1.95 bits per heavy atom. The van der Waals surface area contributed by atoms with Crippen LogP contribution in [0.2, 0.25) is 0 Å². The molecule has 0 saturated heterocycles. The molecular formula is C14H16N4O2S. The number of thiazole rings is 1. The van der Waals surface area contributed by atoms with E-state index < -0.39 is 0 Å². The van der Waals surface area contributed by atoms with E-state index in [4.69, 9.17) is 5.73 Å². The standard InChI is InChI=1S/C14H16N4O2S/c15-7-1-2-12(19)17-11-5-3-10(4-6-11)13(20)18-14-16-8-9-21-14/h3-6,8-9H,1-2,7,15H2,(H,17,19)(H,16,18,20). The van der Waals surface area contributed by atoms with Gasteiger partial charge in [-0.3, -0.25) is 14.9 Å². The van der Waals surface area contributed by atoms with Crippen molar-refractivity contribution in [3.05, 3.63) is 41.4 Å². The van der Waals surface area contributed by atoms with Crippen LogP contribution in [0.25, 0.3) is 0 Å². The zero-order chi connectivity index (χ0) is 15.1. The highest BCUT2D eigenvalue weighted by molar-refractivity contribution is 7.13. The number of nitrogens with zero attached hydrogens (tertiary/aromatic N) is 1. The van der Waals surface area contributed by atoms with E-state index in [0.29, 0.717) is 35.8 Å². The first kappa shape index (κ1) is 15.1. The summed E-state index contributed by atoms with van der Waals surface area (Å²) in [6, 6.07) is 6.69. The molecule has 2 aromatic rings. The summed E-state index contributed by atoms with van der Waals surface area (Å²) in [6.07, 6.45) is 2.67. The third-order valence-corrected chi connectivity index (χ3v) is 3.38. The van der Waals surface area contributed by atoms with Crippen molar-refractivity contribution in [1.29, 1.82) is 0 Å². The van der Waals surface area contributed by atoms with Crippen molar-refractivity contribution in [2.24, 2.45) is 5.73 Å². The number of amides is 2. The van der Waals surface area contributed by atoms with E-state index in [-0.39, 0.29) is 11.8 Å². The highest BCUT2D eigenvalue weighted by Crippen LogP contribution is 2.14. The lowest BCUT2D eigenvalue weighted by Gasteiger charge is -2.06. The van der Waals surface area contributed by atoms with E-state index in [2.05, 4.69) is 15.6 Å². The zero-order valence-corrected chi connectivity index (χ0v) is 12.2. The molecule has 1 aromatic heterocycles. The Labute approximate surface area is 126 Å². The lowest BCUT2D eigenvalue weighted by Crippen LogP contribution is -2.14. The van der Waals surface area contributed by atoms with Gasteiger partial charge in [-0.1, -0.05) is 0 Å². The normalized spacial score (nSPS) is 10.1. The van der Waals surface area contributed by atoms with Crippen molar-refractivity contribution in [2.75, 3.05) is 17.2 Å². The molecule has 6 nitrogen and oxygen atoms in total. The Hall–Kier alpha value is -2.25. The summed E-state index contributed by atoms with van der Waals surface area (Å²) >= 11 is 1.35. The van der Waals surface area contributed by atoms with Gasteiger partial charge >= 0.3 is 0 Å². The molecular weight excluding hydrogens is 288 g/mol. The fourth-order valence-corrected chi connectivity index (χ4v) is 2.17. The Morgan fingerprint density at radius 3 is 2.57 bits per heavy atom. The first-order valence-electron chi connectivity index (χ1n) is 6.50. The van der Waals surface area contributed by atoms with Crippen LogP contribution in [0, 0.1) is 0 Å².